The number of ketones is 1. The molecule has 0 amide bonds. The number of benzene rings is 1. The first-order valence-corrected chi connectivity index (χ1v) is 6.50. The van der Waals surface area contributed by atoms with Crippen LogP contribution in [-0.4, -0.2) is 16.7 Å². The number of esters is 1. The van der Waals surface area contributed by atoms with E-state index in [0.717, 1.165) is 11.6 Å². The van der Waals surface area contributed by atoms with E-state index in [1.54, 1.807) is 12.4 Å². The molecule has 0 saturated carbocycles. The van der Waals surface area contributed by atoms with E-state index in [4.69, 9.17) is 4.74 Å². The lowest BCUT2D eigenvalue weighted by molar-refractivity contribution is -0.138. The van der Waals surface area contributed by atoms with E-state index in [2.05, 4.69) is 4.98 Å². The lowest BCUT2D eigenvalue weighted by Crippen LogP contribution is -2.14. The lowest BCUT2D eigenvalue weighted by atomic mass is 10.1. The van der Waals surface area contributed by atoms with Crippen LogP contribution >= 0.6 is 0 Å². The summed E-state index contributed by atoms with van der Waals surface area (Å²) in [5, 5.41) is 0. The molecule has 0 saturated heterocycles. The zero-order chi connectivity index (χ0) is 15.1. The Labute approximate surface area is 121 Å². The van der Waals surface area contributed by atoms with Crippen LogP contribution in [0.4, 0.5) is 4.39 Å². The molecule has 2 aromatic rings. The van der Waals surface area contributed by atoms with Gasteiger partial charge in [-0.05, 0) is 36.2 Å². The van der Waals surface area contributed by atoms with Crippen molar-refractivity contribution in [2.45, 2.75) is 19.3 Å². The fourth-order valence-corrected chi connectivity index (χ4v) is 1.78. The first-order valence-electron chi connectivity index (χ1n) is 6.50. The molecule has 0 unspecified atom stereocenters. The van der Waals surface area contributed by atoms with Crippen LogP contribution in [0.1, 0.15) is 18.4 Å². The first kappa shape index (κ1) is 14.8. The van der Waals surface area contributed by atoms with E-state index < -0.39 is 11.8 Å². The van der Waals surface area contributed by atoms with Crippen molar-refractivity contribution >= 4 is 11.8 Å². The van der Waals surface area contributed by atoms with Crippen LogP contribution < -0.4 is 4.74 Å². The molecule has 1 aromatic carbocycles. The minimum absolute atomic E-state index is 0.0990. The van der Waals surface area contributed by atoms with Crippen molar-refractivity contribution in [3.63, 3.8) is 0 Å². The summed E-state index contributed by atoms with van der Waals surface area (Å²) in [5.41, 5.74) is 0.983. The molecule has 0 bridgehead atoms. The van der Waals surface area contributed by atoms with E-state index in [0.29, 0.717) is 6.42 Å². The van der Waals surface area contributed by atoms with Crippen LogP contribution in [0.25, 0.3) is 0 Å². The Morgan fingerprint density at radius 1 is 1.14 bits per heavy atom. The Kier molecular flexibility index (Phi) is 5.15. The largest absolute Gasteiger partial charge is 0.426 e. The summed E-state index contributed by atoms with van der Waals surface area (Å²) < 4.78 is 17.8. The molecule has 0 aliphatic carbocycles. The SMILES string of the molecule is O=C(CCc1ccncc1)CC(=O)Oc1cccc(F)c1. The number of aromatic nitrogens is 1. The molecular weight excluding hydrogens is 273 g/mol. The van der Waals surface area contributed by atoms with Crippen LogP contribution in [0.3, 0.4) is 0 Å². The van der Waals surface area contributed by atoms with Crippen molar-refractivity contribution < 1.29 is 18.7 Å². The van der Waals surface area contributed by atoms with E-state index >= 15 is 0 Å². The highest BCUT2D eigenvalue weighted by atomic mass is 19.1. The average Bonchev–Trinajstić information content (AvgIpc) is 2.46. The summed E-state index contributed by atoms with van der Waals surface area (Å²) in [7, 11) is 0. The van der Waals surface area contributed by atoms with Crippen LogP contribution in [0.2, 0.25) is 0 Å². The molecule has 0 radical (unpaired) electrons. The van der Waals surface area contributed by atoms with Gasteiger partial charge in [-0.15, -0.1) is 0 Å². The van der Waals surface area contributed by atoms with Gasteiger partial charge in [-0.2, -0.15) is 0 Å². The predicted octanol–water partition coefficient (Wildman–Crippen LogP) is 2.72. The Hall–Kier alpha value is -2.56. The molecule has 0 spiro atoms. The summed E-state index contributed by atoms with van der Waals surface area (Å²) in [4.78, 5) is 27.1. The first-order chi connectivity index (χ1) is 10.1. The van der Waals surface area contributed by atoms with Crippen molar-refractivity contribution in [1.29, 1.82) is 0 Å². The monoisotopic (exact) mass is 287 g/mol. The maximum absolute atomic E-state index is 12.9. The number of hydrogen-bond donors (Lipinski definition) is 0. The summed E-state index contributed by atoms with van der Waals surface area (Å²) in [6, 6.07) is 8.87. The zero-order valence-electron chi connectivity index (χ0n) is 11.3. The summed E-state index contributed by atoms with van der Waals surface area (Å²) in [6.45, 7) is 0. The molecule has 21 heavy (non-hydrogen) atoms. The Morgan fingerprint density at radius 2 is 1.90 bits per heavy atom. The molecule has 1 aromatic heterocycles. The van der Waals surface area contributed by atoms with Gasteiger partial charge in [-0.3, -0.25) is 14.6 Å². The molecule has 2 rings (SSSR count). The van der Waals surface area contributed by atoms with Gasteiger partial charge in [-0.1, -0.05) is 6.07 Å². The number of ether oxygens (including phenoxy) is 1. The molecule has 0 aliphatic rings. The minimum atomic E-state index is -0.680. The van der Waals surface area contributed by atoms with E-state index in [1.165, 1.54) is 18.2 Å². The van der Waals surface area contributed by atoms with Gasteiger partial charge in [0.15, 0.2) is 0 Å². The molecular formula is C16H14FNO3. The van der Waals surface area contributed by atoms with Crippen molar-refractivity contribution in [3.05, 3.63) is 60.2 Å². The van der Waals surface area contributed by atoms with Crippen molar-refractivity contribution in [1.82, 2.24) is 4.98 Å². The third kappa shape index (κ3) is 5.14. The maximum Gasteiger partial charge on any atom is 0.318 e. The minimum Gasteiger partial charge on any atom is -0.426 e. The summed E-state index contributed by atoms with van der Waals surface area (Å²) >= 11 is 0. The Bertz CT molecular complexity index is 628. The second-order valence-electron chi connectivity index (χ2n) is 4.50. The number of pyridine rings is 1. The zero-order valence-corrected chi connectivity index (χ0v) is 11.3. The van der Waals surface area contributed by atoms with Crippen LogP contribution in [0.5, 0.6) is 5.75 Å². The lowest BCUT2D eigenvalue weighted by Gasteiger charge is -2.04. The quantitative estimate of drug-likeness (QED) is 0.465. The van der Waals surface area contributed by atoms with Crippen molar-refractivity contribution in [2.75, 3.05) is 0 Å². The van der Waals surface area contributed by atoms with Gasteiger partial charge < -0.3 is 4.74 Å². The third-order valence-corrected chi connectivity index (χ3v) is 2.81. The number of rotatable bonds is 6. The standard InChI is InChI=1S/C16H14FNO3/c17-13-2-1-3-15(10-13)21-16(20)11-14(19)5-4-12-6-8-18-9-7-12/h1-3,6-10H,4-5,11H2. The number of carbonyl (C=O) groups excluding carboxylic acids is 2. The fourth-order valence-electron chi connectivity index (χ4n) is 1.78. The van der Waals surface area contributed by atoms with E-state index in [1.807, 2.05) is 12.1 Å². The molecule has 0 fully saturated rings. The van der Waals surface area contributed by atoms with E-state index in [-0.39, 0.29) is 24.4 Å². The second-order valence-corrected chi connectivity index (χ2v) is 4.50. The summed E-state index contributed by atoms with van der Waals surface area (Å²) in [5.74, 6) is -1.29. The Morgan fingerprint density at radius 3 is 2.62 bits per heavy atom. The topological polar surface area (TPSA) is 56.3 Å². The fraction of sp³-hybridized carbons (Fsp3) is 0.188. The third-order valence-electron chi connectivity index (χ3n) is 2.81. The van der Waals surface area contributed by atoms with Crippen LogP contribution in [0.15, 0.2) is 48.8 Å². The van der Waals surface area contributed by atoms with Gasteiger partial charge in [0.2, 0.25) is 0 Å². The average molecular weight is 287 g/mol. The van der Waals surface area contributed by atoms with Gasteiger partial charge in [0.05, 0.1) is 0 Å². The number of hydrogen-bond acceptors (Lipinski definition) is 4. The summed E-state index contributed by atoms with van der Waals surface area (Å²) in [6.07, 6.45) is 3.79. The van der Waals surface area contributed by atoms with Crippen molar-refractivity contribution in [2.24, 2.45) is 0 Å². The number of Topliss-reactive ketones (excluding diaryl/α,β-unsaturated/α-hetero) is 1. The smallest absolute Gasteiger partial charge is 0.318 e. The van der Waals surface area contributed by atoms with Crippen molar-refractivity contribution in [3.8, 4) is 5.75 Å². The molecule has 1 heterocycles. The molecule has 5 heteroatoms. The van der Waals surface area contributed by atoms with Gasteiger partial charge >= 0.3 is 5.97 Å². The number of nitrogens with zero attached hydrogens (tertiary/aromatic N) is 1. The molecule has 4 nitrogen and oxygen atoms in total. The normalized spacial score (nSPS) is 10.1. The number of halogens is 1. The molecule has 0 aliphatic heterocycles. The highest BCUT2D eigenvalue weighted by molar-refractivity contribution is 5.96. The van der Waals surface area contributed by atoms with Gasteiger partial charge in [-0.25, -0.2) is 4.39 Å². The van der Waals surface area contributed by atoms with Gasteiger partial charge in [0.1, 0.15) is 23.8 Å². The van der Waals surface area contributed by atoms with E-state index in [9.17, 15) is 14.0 Å². The highest BCUT2D eigenvalue weighted by Crippen LogP contribution is 2.13. The van der Waals surface area contributed by atoms with Gasteiger partial charge in [0.25, 0.3) is 0 Å². The number of aryl methyl sites for hydroxylation is 1. The van der Waals surface area contributed by atoms with Gasteiger partial charge in [0, 0.05) is 24.9 Å². The second kappa shape index (κ2) is 7.28. The Balaban J connectivity index is 1.78. The molecule has 108 valence electrons. The predicted molar refractivity (Wildman–Crippen MR) is 74.2 cm³/mol. The molecule has 0 atom stereocenters. The number of carbonyl (C=O) groups is 2. The van der Waals surface area contributed by atoms with Crippen LogP contribution in [0, 0.1) is 5.82 Å². The maximum atomic E-state index is 12.9. The highest BCUT2D eigenvalue weighted by Gasteiger charge is 2.12. The molecule has 0 N–H and O–H groups in total. The van der Waals surface area contributed by atoms with Crippen LogP contribution in [-0.2, 0) is 16.0 Å².